The zero-order chi connectivity index (χ0) is 22.6. The predicted molar refractivity (Wildman–Crippen MR) is 110 cm³/mol. The Hall–Kier alpha value is -3.10. The zero-order valence-corrected chi connectivity index (χ0v) is 17.0. The molecule has 0 bridgehead atoms. The number of allylic oxidation sites excluding steroid dienone is 2. The van der Waals surface area contributed by atoms with E-state index in [4.69, 9.17) is 5.73 Å². The Bertz CT molecular complexity index is 1000. The van der Waals surface area contributed by atoms with Gasteiger partial charge in [-0.05, 0) is 37.8 Å². The van der Waals surface area contributed by atoms with Gasteiger partial charge in [0.05, 0.1) is 23.6 Å². The van der Waals surface area contributed by atoms with Gasteiger partial charge in [0.25, 0.3) is 5.91 Å². The van der Waals surface area contributed by atoms with Gasteiger partial charge in [-0.25, -0.2) is 4.79 Å². The van der Waals surface area contributed by atoms with Gasteiger partial charge >= 0.3 is 12.3 Å². The van der Waals surface area contributed by atoms with Crippen LogP contribution >= 0.6 is 0 Å². The molecule has 6 nitrogen and oxygen atoms in total. The minimum atomic E-state index is -4.18. The minimum absolute atomic E-state index is 0.0347. The number of nitrogens with one attached hydrogen (secondary N) is 1. The van der Waals surface area contributed by atoms with Crippen LogP contribution in [0.25, 0.3) is 16.5 Å². The smallest absolute Gasteiger partial charge is 0.404 e. The second-order valence-corrected chi connectivity index (χ2v) is 7.67. The van der Waals surface area contributed by atoms with Crippen molar-refractivity contribution in [2.45, 2.75) is 44.8 Å². The van der Waals surface area contributed by atoms with Crippen LogP contribution in [0.5, 0.6) is 0 Å². The van der Waals surface area contributed by atoms with Gasteiger partial charge in [0.1, 0.15) is 0 Å². The number of para-hydroxylation sites is 1. The van der Waals surface area contributed by atoms with E-state index in [9.17, 15) is 22.8 Å². The van der Waals surface area contributed by atoms with Gasteiger partial charge < -0.3 is 15.8 Å². The number of primary amides is 1. The van der Waals surface area contributed by atoms with Gasteiger partial charge in [-0.15, -0.1) is 0 Å². The summed E-state index contributed by atoms with van der Waals surface area (Å²) in [4.78, 5) is 27.5. The van der Waals surface area contributed by atoms with Crippen LogP contribution in [-0.4, -0.2) is 35.8 Å². The number of halogens is 3. The van der Waals surface area contributed by atoms with Crippen molar-refractivity contribution in [3.05, 3.63) is 47.7 Å². The van der Waals surface area contributed by atoms with Crippen molar-refractivity contribution in [1.29, 1.82) is 0 Å². The number of rotatable bonds is 6. The molecule has 1 aliphatic carbocycles. The van der Waals surface area contributed by atoms with Crippen LogP contribution in [-0.2, 0) is 4.74 Å². The second-order valence-electron chi connectivity index (χ2n) is 7.67. The summed E-state index contributed by atoms with van der Waals surface area (Å²) in [6, 6.07) is 6.92. The normalized spacial score (nSPS) is 17.7. The fourth-order valence-electron chi connectivity index (χ4n) is 3.64. The molecule has 1 aromatic carbocycles. The molecule has 0 radical (unpaired) electrons. The van der Waals surface area contributed by atoms with Crippen LogP contribution in [0.4, 0.5) is 18.0 Å². The first kappa shape index (κ1) is 22.6. The molecule has 1 unspecified atom stereocenters. The van der Waals surface area contributed by atoms with Gasteiger partial charge in [0.15, 0.2) is 0 Å². The number of benzene rings is 1. The molecule has 2 atom stereocenters. The number of nitrogens with two attached hydrogens (primary N) is 1. The molecule has 3 N–H and O–H groups in total. The summed E-state index contributed by atoms with van der Waals surface area (Å²) in [5.74, 6) is -1.62. The largest absolute Gasteiger partial charge is 0.450 e. The van der Waals surface area contributed by atoms with E-state index in [1.165, 1.54) is 6.20 Å². The molecule has 1 aliphatic rings. The molecule has 0 saturated carbocycles. The molecule has 2 aromatic rings. The fraction of sp³-hybridized carbons (Fsp3) is 0.409. The van der Waals surface area contributed by atoms with Crippen molar-refractivity contribution in [1.82, 2.24) is 10.3 Å². The first-order valence-electron chi connectivity index (χ1n) is 10.0. The van der Waals surface area contributed by atoms with Crippen LogP contribution in [0.1, 0.15) is 48.5 Å². The molecule has 31 heavy (non-hydrogen) atoms. The SMILES string of the molecule is CC(CCOC(N)=O)NC(=O)c1cnc2c(C3=CC[C@@H](C(F)(F)F)CC3)cccc2c1. The number of hydrogen-bond donors (Lipinski definition) is 2. The topological polar surface area (TPSA) is 94.3 Å². The zero-order valence-electron chi connectivity index (χ0n) is 17.0. The number of alkyl halides is 3. The third-order valence-electron chi connectivity index (χ3n) is 5.37. The van der Waals surface area contributed by atoms with Crippen LogP contribution < -0.4 is 11.1 Å². The maximum Gasteiger partial charge on any atom is 0.404 e. The Balaban J connectivity index is 1.74. The maximum atomic E-state index is 12.9. The van der Waals surface area contributed by atoms with Crippen LogP contribution in [0, 0.1) is 5.92 Å². The predicted octanol–water partition coefficient (Wildman–Crippen LogP) is 4.58. The lowest BCUT2D eigenvalue weighted by atomic mass is 9.85. The van der Waals surface area contributed by atoms with Gasteiger partial charge in [0, 0.05) is 29.6 Å². The average molecular weight is 435 g/mol. The number of nitrogens with zero attached hydrogens (tertiary/aromatic N) is 1. The molecular formula is C22H24F3N3O3. The van der Waals surface area contributed by atoms with E-state index >= 15 is 0 Å². The third kappa shape index (κ3) is 5.74. The van der Waals surface area contributed by atoms with E-state index in [1.54, 1.807) is 19.1 Å². The number of carbonyl (C=O) groups is 2. The number of aromatic nitrogens is 1. The number of amides is 2. The number of pyridine rings is 1. The number of fused-ring (bicyclic) bond motifs is 1. The van der Waals surface area contributed by atoms with Crippen LogP contribution in [0.3, 0.4) is 0 Å². The van der Waals surface area contributed by atoms with Crippen LogP contribution in [0.2, 0.25) is 0 Å². The molecule has 166 valence electrons. The maximum absolute atomic E-state index is 12.9. The Kier molecular flexibility index (Phi) is 6.82. The number of carbonyl (C=O) groups excluding carboxylic acids is 2. The van der Waals surface area contributed by atoms with Crippen LogP contribution in [0.15, 0.2) is 36.5 Å². The van der Waals surface area contributed by atoms with E-state index in [0.717, 1.165) is 16.5 Å². The average Bonchev–Trinajstić information content (AvgIpc) is 2.72. The van der Waals surface area contributed by atoms with Crippen molar-refractivity contribution in [3.63, 3.8) is 0 Å². The molecule has 0 fully saturated rings. The molecule has 1 heterocycles. The highest BCUT2D eigenvalue weighted by molar-refractivity contribution is 5.99. The molecule has 0 saturated heterocycles. The van der Waals surface area contributed by atoms with Gasteiger partial charge in [-0.1, -0.05) is 24.3 Å². The van der Waals surface area contributed by atoms with Crippen molar-refractivity contribution in [2.75, 3.05) is 6.61 Å². The first-order valence-corrected chi connectivity index (χ1v) is 10.0. The van der Waals surface area contributed by atoms with E-state index < -0.39 is 18.2 Å². The van der Waals surface area contributed by atoms with Crippen molar-refractivity contribution >= 4 is 28.5 Å². The highest BCUT2D eigenvalue weighted by Gasteiger charge is 2.39. The van der Waals surface area contributed by atoms with Crippen molar-refractivity contribution in [3.8, 4) is 0 Å². The molecule has 0 spiro atoms. The third-order valence-corrected chi connectivity index (χ3v) is 5.37. The summed E-state index contributed by atoms with van der Waals surface area (Å²) in [6.45, 7) is 1.87. The molecule has 3 rings (SSSR count). The molecule has 0 aliphatic heterocycles. The fourth-order valence-corrected chi connectivity index (χ4v) is 3.64. The monoisotopic (exact) mass is 435 g/mol. The Labute approximate surface area is 177 Å². The van der Waals surface area contributed by atoms with Gasteiger partial charge in [-0.3, -0.25) is 9.78 Å². The summed E-state index contributed by atoms with van der Waals surface area (Å²) in [5.41, 5.74) is 7.56. The lowest BCUT2D eigenvalue weighted by Gasteiger charge is -2.24. The minimum Gasteiger partial charge on any atom is -0.450 e. The quantitative estimate of drug-likeness (QED) is 0.694. The second kappa shape index (κ2) is 9.36. The molecule has 2 amide bonds. The van der Waals surface area contributed by atoms with E-state index in [2.05, 4.69) is 15.0 Å². The Morgan fingerprint density at radius 2 is 2.13 bits per heavy atom. The number of hydrogen-bond acceptors (Lipinski definition) is 4. The van der Waals surface area contributed by atoms with Gasteiger partial charge in [-0.2, -0.15) is 13.2 Å². The summed E-state index contributed by atoms with van der Waals surface area (Å²) in [7, 11) is 0. The standard InChI is InChI=1S/C22H24F3N3O3/c1-13(9-10-31-21(26)30)28-20(29)16-11-15-3-2-4-18(19(15)27-12-16)14-5-7-17(8-6-14)22(23,24)25/h2-5,11-13,17H,6-10H2,1H3,(H2,26,30)(H,28,29)/t13?,17-/m1/s1. The highest BCUT2D eigenvalue weighted by Crippen LogP contribution is 2.40. The Morgan fingerprint density at radius 3 is 2.77 bits per heavy atom. The lowest BCUT2D eigenvalue weighted by molar-refractivity contribution is -0.175. The summed E-state index contributed by atoms with van der Waals surface area (Å²) < 4.78 is 43.5. The van der Waals surface area contributed by atoms with E-state index in [0.29, 0.717) is 23.9 Å². The van der Waals surface area contributed by atoms with Gasteiger partial charge in [0.2, 0.25) is 0 Å². The summed E-state index contributed by atoms with van der Waals surface area (Å²) >= 11 is 0. The molecule has 9 heteroatoms. The number of ether oxygens (including phenoxy) is 1. The molecular weight excluding hydrogens is 411 g/mol. The van der Waals surface area contributed by atoms with E-state index in [-0.39, 0.29) is 31.4 Å². The lowest BCUT2D eigenvalue weighted by Crippen LogP contribution is -2.33. The first-order chi connectivity index (χ1) is 14.6. The summed E-state index contributed by atoms with van der Waals surface area (Å²) in [5, 5.41) is 3.53. The summed E-state index contributed by atoms with van der Waals surface area (Å²) in [6.07, 6.45) is -1.17. The van der Waals surface area contributed by atoms with Crippen molar-refractivity contribution < 1.29 is 27.5 Å². The Morgan fingerprint density at radius 1 is 1.35 bits per heavy atom. The van der Waals surface area contributed by atoms with Crippen molar-refractivity contribution in [2.24, 2.45) is 11.7 Å². The van der Waals surface area contributed by atoms with E-state index in [1.807, 2.05) is 18.2 Å². The molecule has 1 aromatic heterocycles. The highest BCUT2D eigenvalue weighted by atomic mass is 19.4.